The van der Waals surface area contributed by atoms with E-state index in [0.29, 0.717) is 23.7 Å². The normalized spacial score (nSPS) is 11.1. The van der Waals surface area contributed by atoms with Crippen molar-refractivity contribution in [2.24, 2.45) is 0 Å². The lowest BCUT2D eigenvalue weighted by molar-refractivity contribution is 0.260. The van der Waals surface area contributed by atoms with Crippen LogP contribution in [0.25, 0.3) is 0 Å². The molecule has 0 bridgehead atoms. The maximum Gasteiger partial charge on any atom is 0.149 e. The van der Waals surface area contributed by atoms with Crippen LogP contribution >= 0.6 is 0 Å². The summed E-state index contributed by atoms with van der Waals surface area (Å²) in [6, 6.07) is 3.58. The van der Waals surface area contributed by atoms with E-state index in [1.807, 2.05) is 13.8 Å². The Kier molecular flexibility index (Phi) is 5.30. The summed E-state index contributed by atoms with van der Waals surface area (Å²) >= 11 is 0. The summed E-state index contributed by atoms with van der Waals surface area (Å²) in [6.45, 7) is 4.12. The molecule has 0 amide bonds. The van der Waals surface area contributed by atoms with E-state index in [-0.39, 0.29) is 12.1 Å². The predicted octanol–water partition coefficient (Wildman–Crippen LogP) is 2.29. The number of benzene rings is 1. The van der Waals surface area contributed by atoms with Crippen molar-refractivity contribution in [3.8, 4) is 17.2 Å². The summed E-state index contributed by atoms with van der Waals surface area (Å²) in [7, 11) is 4.79. The molecule has 5 heteroatoms. The van der Waals surface area contributed by atoms with Crippen molar-refractivity contribution < 1.29 is 19.3 Å². The SMILES string of the molecule is COc1cc(OC)c(NC(C)(C)CCO)c(OC)c1. The van der Waals surface area contributed by atoms with Gasteiger partial charge < -0.3 is 24.6 Å². The smallest absolute Gasteiger partial charge is 0.149 e. The first-order valence-electron chi connectivity index (χ1n) is 6.16. The van der Waals surface area contributed by atoms with Gasteiger partial charge in [-0.2, -0.15) is 0 Å². The molecule has 0 aliphatic carbocycles. The topological polar surface area (TPSA) is 60.0 Å². The summed E-state index contributed by atoms with van der Waals surface area (Å²) in [5.41, 5.74) is 0.480. The molecule has 0 radical (unpaired) electrons. The zero-order valence-corrected chi connectivity index (χ0v) is 12.2. The van der Waals surface area contributed by atoms with Crippen molar-refractivity contribution in [2.75, 3.05) is 33.3 Å². The molecule has 2 N–H and O–H groups in total. The monoisotopic (exact) mass is 269 g/mol. The van der Waals surface area contributed by atoms with Crippen molar-refractivity contribution in [1.29, 1.82) is 0 Å². The number of anilines is 1. The summed E-state index contributed by atoms with van der Waals surface area (Å²) in [5.74, 6) is 1.95. The van der Waals surface area contributed by atoms with E-state index < -0.39 is 0 Å². The molecule has 5 nitrogen and oxygen atoms in total. The average molecular weight is 269 g/mol. The number of ether oxygens (including phenoxy) is 3. The second-order valence-corrected chi connectivity index (χ2v) is 4.89. The number of methoxy groups -OCH3 is 3. The Bertz CT molecular complexity index is 393. The Morgan fingerprint density at radius 2 is 1.58 bits per heavy atom. The average Bonchev–Trinajstić information content (AvgIpc) is 2.38. The van der Waals surface area contributed by atoms with Crippen LogP contribution in [-0.4, -0.2) is 38.6 Å². The maximum atomic E-state index is 9.09. The van der Waals surface area contributed by atoms with Gasteiger partial charge in [0.25, 0.3) is 0 Å². The van der Waals surface area contributed by atoms with Crippen molar-refractivity contribution in [3.05, 3.63) is 12.1 Å². The van der Waals surface area contributed by atoms with E-state index in [2.05, 4.69) is 5.32 Å². The van der Waals surface area contributed by atoms with Gasteiger partial charge in [0.15, 0.2) is 0 Å². The number of rotatable bonds is 7. The lowest BCUT2D eigenvalue weighted by Gasteiger charge is -2.29. The van der Waals surface area contributed by atoms with Crippen LogP contribution < -0.4 is 19.5 Å². The van der Waals surface area contributed by atoms with Crippen LogP contribution in [0.5, 0.6) is 17.2 Å². The van der Waals surface area contributed by atoms with Gasteiger partial charge in [-0.25, -0.2) is 0 Å². The molecule has 0 aromatic heterocycles. The minimum atomic E-state index is -0.274. The van der Waals surface area contributed by atoms with Gasteiger partial charge in [0.2, 0.25) is 0 Å². The van der Waals surface area contributed by atoms with Gasteiger partial charge in [-0.15, -0.1) is 0 Å². The molecule has 0 unspecified atom stereocenters. The van der Waals surface area contributed by atoms with Crippen LogP contribution in [0, 0.1) is 0 Å². The fourth-order valence-corrected chi connectivity index (χ4v) is 1.81. The first kappa shape index (κ1) is 15.4. The van der Waals surface area contributed by atoms with Crippen LogP contribution in [0.4, 0.5) is 5.69 Å². The highest BCUT2D eigenvalue weighted by Crippen LogP contribution is 2.40. The first-order chi connectivity index (χ1) is 8.97. The molecular formula is C14H23NO4. The molecule has 0 aliphatic rings. The largest absolute Gasteiger partial charge is 0.496 e. The molecule has 1 aromatic carbocycles. The van der Waals surface area contributed by atoms with Crippen LogP contribution in [-0.2, 0) is 0 Å². The number of hydrogen-bond donors (Lipinski definition) is 2. The van der Waals surface area contributed by atoms with Gasteiger partial charge in [-0.3, -0.25) is 0 Å². The first-order valence-corrected chi connectivity index (χ1v) is 6.16. The van der Waals surface area contributed by atoms with E-state index in [0.717, 1.165) is 5.69 Å². The fraction of sp³-hybridized carbons (Fsp3) is 0.571. The van der Waals surface area contributed by atoms with Gasteiger partial charge in [0, 0.05) is 24.3 Å². The second kappa shape index (κ2) is 6.52. The van der Waals surface area contributed by atoms with Crippen molar-refractivity contribution in [1.82, 2.24) is 0 Å². The Hall–Kier alpha value is -1.62. The molecule has 1 rings (SSSR count). The van der Waals surface area contributed by atoms with Crippen LogP contribution in [0.3, 0.4) is 0 Å². The summed E-state index contributed by atoms with van der Waals surface area (Å²) in [4.78, 5) is 0. The second-order valence-electron chi connectivity index (χ2n) is 4.89. The van der Waals surface area contributed by atoms with Crippen molar-refractivity contribution in [3.63, 3.8) is 0 Å². The van der Waals surface area contributed by atoms with Crippen LogP contribution in [0.2, 0.25) is 0 Å². The van der Waals surface area contributed by atoms with Gasteiger partial charge in [-0.05, 0) is 20.3 Å². The molecule has 19 heavy (non-hydrogen) atoms. The standard InChI is InChI=1S/C14H23NO4/c1-14(2,6-7-16)15-13-11(18-4)8-10(17-3)9-12(13)19-5/h8-9,15-16H,6-7H2,1-5H3. The molecule has 0 saturated carbocycles. The number of aliphatic hydroxyl groups is 1. The van der Waals surface area contributed by atoms with Gasteiger partial charge in [0.05, 0.1) is 21.3 Å². The summed E-state index contributed by atoms with van der Waals surface area (Å²) in [6.07, 6.45) is 0.616. The molecule has 0 saturated heterocycles. The van der Waals surface area contributed by atoms with Gasteiger partial charge in [-0.1, -0.05) is 0 Å². The Morgan fingerprint density at radius 1 is 1.05 bits per heavy atom. The van der Waals surface area contributed by atoms with Crippen LogP contribution in [0.1, 0.15) is 20.3 Å². The predicted molar refractivity (Wildman–Crippen MR) is 75.5 cm³/mol. The Labute approximate surface area is 114 Å². The van der Waals surface area contributed by atoms with E-state index in [4.69, 9.17) is 19.3 Å². The van der Waals surface area contributed by atoms with Gasteiger partial charge in [0.1, 0.15) is 22.9 Å². The highest BCUT2D eigenvalue weighted by Gasteiger charge is 2.22. The zero-order valence-electron chi connectivity index (χ0n) is 12.2. The van der Waals surface area contributed by atoms with Crippen molar-refractivity contribution >= 4 is 5.69 Å². The minimum Gasteiger partial charge on any atom is -0.496 e. The number of hydrogen-bond acceptors (Lipinski definition) is 5. The summed E-state index contributed by atoms with van der Waals surface area (Å²) < 4.78 is 15.9. The molecule has 0 spiro atoms. The quantitative estimate of drug-likeness (QED) is 0.795. The molecule has 0 heterocycles. The molecule has 0 aliphatic heterocycles. The highest BCUT2D eigenvalue weighted by molar-refractivity contribution is 5.69. The van der Waals surface area contributed by atoms with E-state index >= 15 is 0 Å². The number of aliphatic hydroxyl groups excluding tert-OH is 1. The van der Waals surface area contributed by atoms with E-state index in [1.165, 1.54) is 0 Å². The van der Waals surface area contributed by atoms with E-state index in [1.54, 1.807) is 33.5 Å². The third kappa shape index (κ3) is 3.92. The minimum absolute atomic E-state index is 0.112. The molecule has 108 valence electrons. The molecule has 0 fully saturated rings. The molecule has 1 aromatic rings. The Balaban J connectivity index is 3.17. The van der Waals surface area contributed by atoms with Gasteiger partial charge >= 0.3 is 0 Å². The third-order valence-electron chi connectivity index (χ3n) is 2.92. The lowest BCUT2D eigenvalue weighted by atomic mass is 10.0. The highest BCUT2D eigenvalue weighted by atomic mass is 16.5. The zero-order chi connectivity index (χ0) is 14.5. The van der Waals surface area contributed by atoms with E-state index in [9.17, 15) is 0 Å². The fourth-order valence-electron chi connectivity index (χ4n) is 1.81. The maximum absolute atomic E-state index is 9.09. The Morgan fingerprint density at radius 3 is 1.95 bits per heavy atom. The molecular weight excluding hydrogens is 246 g/mol. The third-order valence-corrected chi connectivity index (χ3v) is 2.92. The molecule has 0 atom stereocenters. The lowest BCUT2D eigenvalue weighted by Crippen LogP contribution is -2.32. The van der Waals surface area contributed by atoms with Crippen molar-refractivity contribution in [2.45, 2.75) is 25.8 Å². The van der Waals surface area contributed by atoms with Crippen LogP contribution in [0.15, 0.2) is 12.1 Å². The number of nitrogens with one attached hydrogen (secondary N) is 1. The summed E-state index contributed by atoms with van der Waals surface area (Å²) in [5, 5.41) is 12.4.